The molecular formula is C23H31FIN5O. The third-order valence-electron chi connectivity index (χ3n) is 5.23. The molecule has 2 aromatic carbocycles. The number of nitrogens with zero attached hydrogens (tertiary/aromatic N) is 3. The van der Waals surface area contributed by atoms with Crippen LogP contribution in [-0.2, 0) is 11.2 Å². The number of halogens is 2. The third-order valence-corrected chi connectivity index (χ3v) is 5.23. The monoisotopic (exact) mass is 539 g/mol. The number of piperazine rings is 1. The van der Waals surface area contributed by atoms with Crippen molar-refractivity contribution in [2.75, 3.05) is 51.2 Å². The van der Waals surface area contributed by atoms with Crippen molar-refractivity contribution in [1.82, 2.24) is 15.5 Å². The summed E-state index contributed by atoms with van der Waals surface area (Å²) in [5.41, 5.74) is 2.27. The Balaban J connectivity index is 0.00000341. The number of hydrogen-bond acceptors (Lipinski definition) is 3. The lowest BCUT2D eigenvalue weighted by molar-refractivity contribution is -0.131. The van der Waals surface area contributed by atoms with Gasteiger partial charge in [-0.05, 0) is 36.2 Å². The van der Waals surface area contributed by atoms with E-state index in [1.165, 1.54) is 17.7 Å². The van der Waals surface area contributed by atoms with E-state index < -0.39 is 0 Å². The fraction of sp³-hybridized carbons (Fsp3) is 0.391. The van der Waals surface area contributed by atoms with Gasteiger partial charge in [0.1, 0.15) is 5.82 Å². The van der Waals surface area contributed by atoms with Crippen LogP contribution in [-0.4, -0.2) is 63.1 Å². The first kappa shape index (κ1) is 24.9. The standard InChI is InChI=1S/C23H30FN5O.HI/c1-25-23(26-13-11-19-5-3-2-4-6-19)27-14-12-22(30)29-17-15-28(16-18-29)21-9-7-20(24)8-10-21;/h2-10H,11-18H2,1H3,(H2,25,26,27);1H. The van der Waals surface area contributed by atoms with Crippen molar-refractivity contribution >= 4 is 41.5 Å². The maximum absolute atomic E-state index is 13.1. The second-order valence-electron chi connectivity index (χ2n) is 7.26. The first-order valence-electron chi connectivity index (χ1n) is 10.4. The van der Waals surface area contributed by atoms with Gasteiger partial charge in [0.25, 0.3) is 0 Å². The fourth-order valence-corrected chi connectivity index (χ4v) is 3.50. The molecule has 0 aliphatic carbocycles. The van der Waals surface area contributed by atoms with E-state index in [9.17, 15) is 9.18 Å². The minimum absolute atomic E-state index is 0. The molecule has 0 aromatic heterocycles. The summed E-state index contributed by atoms with van der Waals surface area (Å²) in [4.78, 5) is 20.8. The second-order valence-corrected chi connectivity index (χ2v) is 7.26. The minimum Gasteiger partial charge on any atom is -0.368 e. The molecule has 1 amide bonds. The number of amides is 1. The Morgan fingerprint density at radius 1 is 0.968 bits per heavy atom. The third kappa shape index (κ3) is 8.01. The molecule has 168 valence electrons. The van der Waals surface area contributed by atoms with Gasteiger partial charge in [0.15, 0.2) is 5.96 Å². The van der Waals surface area contributed by atoms with Gasteiger partial charge in [0, 0.05) is 58.4 Å². The number of anilines is 1. The van der Waals surface area contributed by atoms with Crippen molar-refractivity contribution < 1.29 is 9.18 Å². The highest BCUT2D eigenvalue weighted by Gasteiger charge is 2.21. The van der Waals surface area contributed by atoms with Crippen LogP contribution in [0.5, 0.6) is 0 Å². The van der Waals surface area contributed by atoms with Gasteiger partial charge in [-0.1, -0.05) is 30.3 Å². The van der Waals surface area contributed by atoms with Crippen molar-refractivity contribution in [3.05, 3.63) is 66.0 Å². The lowest BCUT2D eigenvalue weighted by atomic mass is 10.1. The summed E-state index contributed by atoms with van der Waals surface area (Å²) in [6.07, 6.45) is 1.34. The summed E-state index contributed by atoms with van der Waals surface area (Å²) in [6.45, 7) is 4.20. The maximum atomic E-state index is 13.1. The summed E-state index contributed by atoms with van der Waals surface area (Å²) in [5.74, 6) is 0.616. The van der Waals surface area contributed by atoms with E-state index in [0.29, 0.717) is 32.0 Å². The number of aliphatic imine (C=N–C) groups is 1. The second kappa shape index (κ2) is 13.1. The van der Waals surface area contributed by atoms with Gasteiger partial charge >= 0.3 is 0 Å². The number of nitrogens with one attached hydrogen (secondary N) is 2. The van der Waals surface area contributed by atoms with Gasteiger partial charge in [-0.2, -0.15) is 0 Å². The molecule has 0 spiro atoms. The molecule has 6 nitrogen and oxygen atoms in total. The van der Waals surface area contributed by atoms with Gasteiger partial charge in [-0.15, -0.1) is 24.0 Å². The molecule has 31 heavy (non-hydrogen) atoms. The highest BCUT2D eigenvalue weighted by atomic mass is 127. The van der Waals surface area contributed by atoms with E-state index >= 15 is 0 Å². The number of hydrogen-bond donors (Lipinski definition) is 2. The van der Waals surface area contributed by atoms with Crippen LogP contribution >= 0.6 is 24.0 Å². The fourth-order valence-electron chi connectivity index (χ4n) is 3.50. The largest absolute Gasteiger partial charge is 0.368 e. The molecule has 2 aromatic rings. The van der Waals surface area contributed by atoms with Gasteiger partial charge in [-0.25, -0.2) is 4.39 Å². The van der Waals surface area contributed by atoms with E-state index in [4.69, 9.17) is 0 Å². The van der Waals surface area contributed by atoms with E-state index in [0.717, 1.165) is 31.7 Å². The van der Waals surface area contributed by atoms with Crippen molar-refractivity contribution in [1.29, 1.82) is 0 Å². The quantitative estimate of drug-likeness (QED) is 0.323. The molecule has 1 saturated heterocycles. The lowest BCUT2D eigenvalue weighted by Crippen LogP contribution is -2.49. The van der Waals surface area contributed by atoms with Crippen LogP contribution < -0.4 is 15.5 Å². The molecular weight excluding hydrogens is 508 g/mol. The Morgan fingerprint density at radius 2 is 1.61 bits per heavy atom. The summed E-state index contributed by atoms with van der Waals surface area (Å²) in [6, 6.07) is 16.8. The summed E-state index contributed by atoms with van der Waals surface area (Å²) in [5, 5.41) is 6.49. The predicted molar refractivity (Wildman–Crippen MR) is 135 cm³/mol. The summed E-state index contributed by atoms with van der Waals surface area (Å²) in [7, 11) is 1.73. The van der Waals surface area contributed by atoms with Gasteiger partial charge in [0.2, 0.25) is 5.91 Å². The Bertz CT molecular complexity index is 824. The molecule has 1 fully saturated rings. The highest BCUT2D eigenvalue weighted by Crippen LogP contribution is 2.17. The zero-order valence-electron chi connectivity index (χ0n) is 17.9. The molecule has 0 saturated carbocycles. The molecule has 1 aliphatic heterocycles. The van der Waals surface area contributed by atoms with E-state index in [1.807, 2.05) is 23.1 Å². The molecule has 0 bridgehead atoms. The molecule has 0 unspecified atom stereocenters. The van der Waals surface area contributed by atoms with Crippen LogP contribution in [0.1, 0.15) is 12.0 Å². The zero-order valence-corrected chi connectivity index (χ0v) is 20.2. The smallest absolute Gasteiger partial charge is 0.224 e. The Labute approximate surface area is 200 Å². The van der Waals surface area contributed by atoms with Crippen molar-refractivity contribution in [2.45, 2.75) is 12.8 Å². The number of carbonyl (C=O) groups excluding carboxylic acids is 1. The SMILES string of the molecule is CN=C(NCCC(=O)N1CCN(c2ccc(F)cc2)CC1)NCCc1ccccc1.I. The number of carbonyl (C=O) groups is 1. The average molecular weight is 539 g/mol. The Hall–Kier alpha value is -2.36. The molecule has 0 atom stereocenters. The first-order chi connectivity index (χ1) is 14.7. The number of rotatable bonds is 7. The number of guanidine groups is 1. The van der Waals surface area contributed by atoms with E-state index in [1.54, 1.807) is 19.2 Å². The van der Waals surface area contributed by atoms with E-state index in [-0.39, 0.29) is 35.7 Å². The molecule has 1 heterocycles. The average Bonchev–Trinajstić information content (AvgIpc) is 2.79. The Kier molecular flexibility index (Phi) is 10.6. The topological polar surface area (TPSA) is 60.0 Å². The molecule has 1 aliphatic rings. The van der Waals surface area contributed by atoms with Gasteiger partial charge in [0.05, 0.1) is 0 Å². The lowest BCUT2D eigenvalue weighted by Gasteiger charge is -2.36. The predicted octanol–water partition coefficient (Wildman–Crippen LogP) is 2.89. The summed E-state index contributed by atoms with van der Waals surface area (Å²) < 4.78 is 13.1. The molecule has 0 radical (unpaired) electrons. The van der Waals surface area contributed by atoms with Gasteiger partial charge < -0.3 is 20.4 Å². The zero-order chi connectivity index (χ0) is 21.2. The summed E-state index contributed by atoms with van der Waals surface area (Å²) >= 11 is 0. The van der Waals surface area contributed by atoms with Crippen LogP contribution in [0.4, 0.5) is 10.1 Å². The number of benzene rings is 2. The molecule has 2 N–H and O–H groups in total. The van der Waals surface area contributed by atoms with Crippen LogP contribution in [0.2, 0.25) is 0 Å². The highest BCUT2D eigenvalue weighted by molar-refractivity contribution is 14.0. The van der Waals surface area contributed by atoms with Gasteiger partial charge in [-0.3, -0.25) is 9.79 Å². The molecule has 3 rings (SSSR count). The van der Waals surface area contributed by atoms with E-state index in [2.05, 4.69) is 32.7 Å². The van der Waals surface area contributed by atoms with Crippen LogP contribution in [0.25, 0.3) is 0 Å². The van der Waals surface area contributed by atoms with Crippen molar-refractivity contribution in [3.8, 4) is 0 Å². The Morgan fingerprint density at radius 3 is 2.26 bits per heavy atom. The minimum atomic E-state index is -0.232. The van der Waals surface area contributed by atoms with Crippen LogP contribution in [0.15, 0.2) is 59.6 Å². The normalized spacial score (nSPS) is 14.1. The maximum Gasteiger partial charge on any atom is 0.224 e. The molecule has 8 heteroatoms. The van der Waals surface area contributed by atoms with Crippen molar-refractivity contribution in [3.63, 3.8) is 0 Å². The first-order valence-corrected chi connectivity index (χ1v) is 10.4. The van der Waals surface area contributed by atoms with Crippen LogP contribution in [0, 0.1) is 5.82 Å². The van der Waals surface area contributed by atoms with Crippen molar-refractivity contribution in [2.24, 2.45) is 4.99 Å². The van der Waals surface area contributed by atoms with Crippen LogP contribution in [0.3, 0.4) is 0 Å².